The van der Waals surface area contributed by atoms with Crippen LogP contribution in [0.5, 0.6) is 5.75 Å². The zero-order valence-corrected chi connectivity index (χ0v) is 10.1. The topological polar surface area (TPSA) is 47.9 Å². The Kier molecular flexibility index (Phi) is 4.29. The summed E-state index contributed by atoms with van der Waals surface area (Å²) in [4.78, 5) is 0. The minimum Gasteiger partial charge on any atom is -0.497 e. The van der Waals surface area contributed by atoms with Gasteiger partial charge in [0, 0.05) is 19.8 Å². The number of hydrogen-bond donors (Lipinski definition) is 1. The lowest BCUT2D eigenvalue weighted by atomic mass is 10.0. The summed E-state index contributed by atoms with van der Waals surface area (Å²) in [5.41, 5.74) is 0.744. The van der Waals surface area contributed by atoms with E-state index in [1.54, 1.807) is 38.3 Å². The molecule has 1 unspecified atom stereocenters. The highest BCUT2D eigenvalue weighted by Crippen LogP contribution is 2.31. The molecule has 1 atom stereocenters. The van der Waals surface area contributed by atoms with Crippen molar-refractivity contribution < 1.29 is 19.3 Å². The Bertz CT molecular complexity index is 314. The fraction of sp³-hybridized carbons (Fsp3) is 0.500. The summed E-state index contributed by atoms with van der Waals surface area (Å²) in [5, 5.41) is 9.76. The van der Waals surface area contributed by atoms with Crippen LogP contribution in [-0.4, -0.2) is 32.5 Å². The van der Waals surface area contributed by atoms with E-state index in [0.717, 1.165) is 11.3 Å². The smallest absolute Gasteiger partial charge is 0.221 e. The van der Waals surface area contributed by atoms with Crippen LogP contribution >= 0.6 is 0 Å². The molecule has 0 spiro atoms. The summed E-state index contributed by atoms with van der Waals surface area (Å²) < 4.78 is 15.7. The molecule has 0 saturated carbocycles. The minimum absolute atomic E-state index is 0.744. The van der Waals surface area contributed by atoms with E-state index in [1.165, 1.54) is 14.2 Å². The molecular formula is C12H18O4. The van der Waals surface area contributed by atoms with Crippen LogP contribution in [0.2, 0.25) is 0 Å². The van der Waals surface area contributed by atoms with E-state index in [9.17, 15) is 5.11 Å². The molecule has 0 radical (unpaired) electrons. The molecule has 1 rings (SSSR count). The molecule has 0 aliphatic carbocycles. The molecule has 4 nitrogen and oxygen atoms in total. The average Bonchev–Trinajstić information content (AvgIpc) is 2.32. The van der Waals surface area contributed by atoms with E-state index in [4.69, 9.17) is 14.2 Å². The van der Waals surface area contributed by atoms with Crippen LogP contribution in [0.4, 0.5) is 0 Å². The van der Waals surface area contributed by atoms with Crippen molar-refractivity contribution in [3.05, 3.63) is 29.8 Å². The van der Waals surface area contributed by atoms with Gasteiger partial charge in [-0.1, -0.05) is 0 Å². The zero-order chi connectivity index (χ0) is 12.2. The van der Waals surface area contributed by atoms with Gasteiger partial charge in [0.05, 0.1) is 7.11 Å². The van der Waals surface area contributed by atoms with Crippen LogP contribution in [0, 0.1) is 0 Å². The lowest BCUT2D eigenvalue weighted by Crippen LogP contribution is -2.41. The highest BCUT2D eigenvalue weighted by Gasteiger charge is 2.37. The number of aliphatic hydroxyl groups excluding tert-OH is 1. The third-order valence-corrected chi connectivity index (χ3v) is 2.65. The lowest BCUT2D eigenvalue weighted by molar-refractivity contribution is -0.264. The van der Waals surface area contributed by atoms with Crippen LogP contribution in [-0.2, 0) is 15.3 Å². The average molecular weight is 226 g/mol. The first-order chi connectivity index (χ1) is 7.60. The van der Waals surface area contributed by atoms with Gasteiger partial charge in [0.1, 0.15) is 11.9 Å². The first kappa shape index (κ1) is 13.0. The predicted octanol–water partition coefficient (Wildman–Crippen LogP) is 1.52. The van der Waals surface area contributed by atoms with E-state index in [1.807, 2.05) is 0 Å². The third-order valence-electron chi connectivity index (χ3n) is 2.65. The summed E-state index contributed by atoms with van der Waals surface area (Å²) >= 11 is 0. The van der Waals surface area contributed by atoms with Gasteiger partial charge in [-0.3, -0.25) is 0 Å². The van der Waals surface area contributed by atoms with Crippen molar-refractivity contribution >= 4 is 0 Å². The van der Waals surface area contributed by atoms with Crippen LogP contribution in [0.15, 0.2) is 24.3 Å². The summed E-state index contributed by atoms with van der Waals surface area (Å²) in [5.74, 6) is -0.387. The van der Waals surface area contributed by atoms with E-state index >= 15 is 0 Å². The summed E-state index contributed by atoms with van der Waals surface area (Å²) in [6.45, 7) is 1.62. The van der Waals surface area contributed by atoms with Crippen molar-refractivity contribution in [2.24, 2.45) is 0 Å². The van der Waals surface area contributed by atoms with Gasteiger partial charge in [0.25, 0.3) is 0 Å². The van der Waals surface area contributed by atoms with Crippen molar-refractivity contribution in [2.75, 3.05) is 21.3 Å². The maximum Gasteiger partial charge on any atom is 0.221 e. The minimum atomic E-state index is -1.13. The monoisotopic (exact) mass is 226 g/mol. The van der Waals surface area contributed by atoms with Crippen molar-refractivity contribution in [2.45, 2.75) is 18.8 Å². The van der Waals surface area contributed by atoms with Crippen molar-refractivity contribution in [3.8, 4) is 5.75 Å². The maximum absolute atomic E-state index is 9.76. The number of ether oxygens (including phenoxy) is 3. The Morgan fingerprint density at radius 3 is 1.88 bits per heavy atom. The predicted molar refractivity (Wildman–Crippen MR) is 60.4 cm³/mol. The van der Waals surface area contributed by atoms with E-state index < -0.39 is 11.9 Å². The Hall–Kier alpha value is -1.10. The van der Waals surface area contributed by atoms with Gasteiger partial charge in [0.15, 0.2) is 0 Å². The van der Waals surface area contributed by atoms with Crippen LogP contribution < -0.4 is 4.74 Å². The van der Waals surface area contributed by atoms with Crippen molar-refractivity contribution in [1.82, 2.24) is 0 Å². The van der Waals surface area contributed by atoms with Crippen molar-refractivity contribution in [3.63, 3.8) is 0 Å². The van der Waals surface area contributed by atoms with Gasteiger partial charge in [-0.2, -0.15) is 0 Å². The van der Waals surface area contributed by atoms with Crippen molar-refractivity contribution in [1.29, 1.82) is 0 Å². The fourth-order valence-corrected chi connectivity index (χ4v) is 1.72. The molecule has 0 aromatic heterocycles. The quantitative estimate of drug-likeness (QED) is 0.773. The highest BCUT2D eigenvalue weighted by atomic mass is 16.7. The van der Waals surface area contributed by atoms with Gasteiger partial charge in [-0.05, 0) is 31.2 Å². The number of hydrogen-bond acceptors (Lipinski definition) is 4. The first-order valence-electron chi connectivity index (χ1n) is 5.03. The number of aliphatic hydroxyl groups is 1. The Balaban J connectivity index is 3.10. The SMILES string of the molecule is COc1ccc(C(OC)(OC)C(C)O)cc1. The molecule has 0 amide bonds. The van der Waals surface area contributed by atoms with Crippen LogP contribution in [0.1, 0.15) is 12.5 Å². The molecule has 1 N–H and O–H groups in total. The van der Waals surface area contributed by atoms with Gasteiger partial charge in [0.2, 0.25) is 5.79 Å². The van der Waals surface area contributed by atoms with E-state index in [-0.39, 0.29) is 0 Å². The summed E-state index contributed by atoms with van der Waals surface area (Å²) in [6, 6.07) is 7.20. The largest absolute Gasteiger partial charge is 0.497 e. The molecule has 1 aromatic rings. The number of rotatable bonds is 5. The molecule has 90 valence electrons. The molecule has 0 bridgehead atoms. The molecule has 0 aliphatic rings. The Morgan fingerprint density at radius 2 is 1.56 bits per heavy atom. The first-order valence-corrected chi connectivity index (χ1v) is 5.03. The second kappa shape index (κ2) is 5.30. The molecule has 0 aliphatic heterocycles. The second-order valence-electron chi connectivity index (χ2n) is 3.48. The number of benzene rings is 1. The van der Waals surface area contributed by atoms with Crippen LogP contribution in [0.3, 0.4) is 0 Å². The molecule has 0 fully saturated rings. The van der Waals surface area contributed by atoms with Gasteiger partial charge in [-0.25, -0.2) is 0 Å². The Labute approximate surface area is 95.8 Å². The molecule has 1 aromatic carbocycles. The van der Waals surface area contributed by atoms with E-state index in [2.05, 4.69) is 0 Å². The van der Waals surface area contributed by atoms with Crippen LogP contribution in [0.25, 0.3) is 0 Å². The highest BCUT2D eigenvalue weighted by molar-refractivity contribution is 5.30. The van der Waals surface area contributed by atoms with Gasteiger partial charge in [-0.15, -0.1) is 0 Å². The fourth-order valence-electron chi connectivity index (χ4n) is 1.72. The van der Waals surface area contributed by atoms with E-state index in [0.29, 0.717) is 0 Å². The summed E-state index contributed by atoms with van der Waals surface area (Å²) in [7, 11) is 4.60. The standard InChI is InChI=1S/C12H18O4/c1-9(13)12(15-3,16-4)10-5-7-11(14-2)8-6-10/h5-9,13H,1-4H3. The number of methoxy groups -OCH3 is 3. The van der Waals surface area contributed by atoms with Gasteiger partial charge < -0.3 is 19.3 Å². The molecule has 0 saturated heterocycles. The second-order valence-corrected chi connectivity index (χ2v) is 3.48. The molecule has 0 heterocycles. The Morgan fingerprint density at radius 1 is 1.06 bits per heavy atom. The molecule has 16 heavy (non-hydrogen) atoms. The van der Waals surface area contributed by atoms with Gasteiger partial charge >= 0.3 is 0 Å². The lowest BCUT2D eigenvalue weighted by Gasteiger charge is -2.33. The summed E-state index contributed by atoms with van der Waals surface area (Å²) in [6.07, 6.45) is -0.782. The normalized spacial score (nSPS) is 13.6. The third kappa shape index (κ3) is 2.19. The molecule has 4 heteroatoms. The zero-order valence-electron chi connectivity index (χ0n) is 10.1. The maximum atomic E-state index is 9.76. The molecular weight excluding hydrogens is 208 g/mol.